The Kier molecular flexibility index (Phi) is 2.41. The molecule has 0 saturated carbocycles. The number of aromatic nitrogens is 2. The molecular formula is C9H11N4S+. The molecule has 72 valence electrons. The van der Waals surface area contributed by atoms with E-state index in [0.29, 0.717) is 10.9 Å². The Morgan fingerprint density at radius 1 is 1.57 bits per heavy atom. The van der Waals surface area contributed by atoms with E-state index in [1.165, 1.54) is 11.8 Å². The fourth-order valence-electron chi connectivity index (χ4n) is 1.21. The number of nitrogens with zero attached hydrogens (tertiary/aromatic N) is 2. The third kappa shape index (κ3) is 1.88. The monoisotopic (exact) mass is 207 g/mol. The normalized spacial score (nSPS) is 10.6. The molecule has 0 fully saturated rings. The van der Waals surface area contributed by atoms with Gasteiger partial charge in [0.05, 0.1) is 5.69 Å². The van der Waals surface area contributed by atoms with Crippen LogP contribution in [0.15, 0.2) is 30.6 Å². The molecule has 0 radical (unpaired) electrons. The summed E-state index contributed by atoms with van der Waals surface area (Å²) in [6.07, 6.45) is 3.94. The Balaban J connectivity index is 2.22. The predicted molar refractivity (Wildman–Crippen MR) is 57.6 cm³/mol. The van der Waals surface area contributed by atoms with E-state index in [0.717, 1.165) is 11.3 Å². The van der Waals surface area contributed by atoms with Crippen molar-refractivity contribution in [2.45, 2.75) is 5.75 Å². The van der Waals surface area contributed by atoms with Crippen LogP contribution in [-0.4, -0.2) is 14.6 Å². The van der Waals surface area contributed by atoms with Crippen molar-refractivity contribution in [3.63, 3.8) is 0 Å². The number of fused-ring (bicyclic) bond motifs is 1. The van der Waals surface area contributed by atoms with Crippen molar-refractivity contribution in [2.24, 2.45) is 5.73 Å². The Hall–Kier alpha value is -1.49. The molecule has 0 aliphatic rings. The van der Waals surface area contributed by atoms with E-state index >= 15 is 0 Å². The van der Waals surface area contributed by atoms with Gasteiger partial charge in [-0.05, 0) is 23.9 Å². The minimum absolute atomic E-state index is 0.377. The molecule has 0 amide bonds. The average Bonchev–Trinajstić information content (AvgIpc) is 2.57. The molecule has 0 aromatic carbocycles. The van der Waals surface area contributed by atoms with Gasteiger partial charge in [-0.3, -0.25) is 11.1 Å². The highest BCUT2D eigenvalue weighted by atomic mass is 32.2. The molecule has 2 rings (SSSR count). The summed E-state index contributed by atoms with van der Waals surface area (Å²) in [5, 5.41) is 5.73. The van der Waals surface area contributed by atoms with Crippen LogP contribution in [0, 0.1) is 0 Å². The number of hydrogen-bond acceptors (Lipinski definition) is 2. The zero-order chi connectivity index (χ0) is 9.97. The first-order valence-electron chi connectivity index (χ1n) is 4.19. The van der Waals surface area contributed by atoms with Crippen molar-refractivity contribution in [3.8, 4) is 0 Å². The Bertz CT molecular complexity index is 430. The van der Waals surface area contributed by atoms with Crippen LogP contribution in [0.3, 0.4) is 0 Å². The lowest BCUT2D eigenvalue weighted by Gasteiger charge is -1.88. The third-order valence-electron chi connectivity index (χ3n) is 1.80. The number of hydrogen-bond donors (Lipinski definition) is 2. The lowest BCUT2D eigenvalue weighted by Crippen LogP contribution is -2.43. The zero-order valence-corrected chi connectivity index (χ0v) is 8.37. The van der Waals surface area contributed by atoms with E-state index in [-0.39, 0.29) is 0 Å². The first kappa shape index (κ1) is 9.08. The van der Waals surface area contributed by atoms with Gasteiger partial charge in [-0.1, -0.05) is 6.07 Å². The Labute approximate surface area is 85.6 Å². The first-order chi connectivity index (χ1) is 6.75. The largest absolute Gasteiger partial charge is 0.307 e. The van der Waals surface area contributed by atoms with Crippen molar-refractivity contribution in [1.82, 2.24) is 9.38 Å². The highest BCUT2D eigenvalue weighted by Crippen LogP contribution is 2.10. The SMILES string of the molecule is NC(=[NH2+])SCc1cn2ccccc2n1. The quantitative estimate of drug-likeness (QED) is 0.522. The number of pyridine rings is 1. The lowest BCUT2D eigenvalue weighted by molar-refractivity contribution is -0.110. The number of amidine groups is 1. The van der Waals surface area contributed by atoms with Crippen molar-refractivity contribution in [2.75, 3.05) is 0 Å². The van der Waals surface area contributed by atoms with Crippen molar-refractivity contribution in [1.29, 1.82) is 0 Å². The van der Waals surface area contributed by atoms with E-state index in [1.54, 1.807) is 0 Å². The minimum Gasteiger partial charge on any atom is -0.307 e. The summed E-state index contributed by atoms with van der Waals surface area (Å²) in [6.45, 7) is 0. The maximum absolute atomic E-state index is 5.36. The van der Waals surface area contributed by atoms with Crippen molar-refractivity contribution >= 4 is 22.6 Å². The summed E-state index contributed by atoms with van der Waals surface area (Å²) in [5.41, 5.74) is 7.28. The third-order valence-corrected chi connectivity index (χ3v) is 2.57. The van der Waals surface area contributed by atoms with E-state index in [4.69, 9.17) is 11.1 Å². The molecular weight excluding hydrogens is 196 g/mol. The van der Waals surface area contributed by atoms with Gasteiger partial charge in [-0.15, -0.1) is 0 Å². The predicted octanol–water partition coefficient (Wildman–Crippen LogP) is -0.359. The van der Waals surface area contributed by atoms with Crippen LogP contribution in [0.1, 0.15) is 5.69 Å². The van der Waals surface area contributed by atoms with Crippen LogP contribution >= 0.6 is 11.8 Å². The molecule has 2 aromatic heterocycles. The molecule has 14 heavy (non-hydrogen) atoms. The molecule has 0 spiro atoms. The van der Waals surface area contributed by atoms with Crippen LogP contribution < -0.4 is 11.1 Å². The van der Waals surface area contributed by atoms with E-state index < -0.39 is 0 Å². The van der Waals surface area contributed by atoms with Gasteiger partial charge >= 0.3 is 0 Å². The topological polar surface area (TPSA) is 68.9 Å². The minimum atomic E-state index is 0.377. The summed E-state index contributed by atoms with van der Waals surface area (Å²) < 4.78 is 1.97. The van der Waals surface area contributed by atoms with Crippen molar-refractivity contribution < 1.29 is 5.41 Å². The Morgan fingerprint density at radius 3 is 3.14 bits per heavy atom. The van der Waals surface area contributed by atoms with Crippen LogP contribution in [0.25, 0.3) is 5.65 Å². The van der Waals surface area contributed by atoms with Gasteiger partial charge in [0.2, 0.25) is 0 Å². The van der Waals surface area contributed by atoms with Gasteiger partial charge in [0.25, 0.3) is 5.17 Å². The second-order valence-corrected chi connectivity index (χ2v) is 3.94. The summed E-state index contributed by atoms with van der Waals surface area (Å²) in [7, 11) is 0. The van der Waals surface area contributed by atoms with E-state index in [9.17, 15) is 0 Å². The number of nitrogens with two attached hydrogens (primary N) is 2. The highest BCUT2D eigenvalue weighted by Gasteiger charge is 2.03. The molecule has 2 aromatic rings. The van der Waals surface area contributed by atoms with Crippen LogP contribution in [0.5, 0.6) is 0 Å². The number of thioether (sulfide) groups is 1. The van der Waals surface area contributed by atoms with Crippen LogP contribution in [-0.2, 0) is 5.75 Å². The molecule has 0 saturated heterocycles. The molecule has 5 heteroatoms. The van der Waals surface area contributed by atoms with Crippen LogP contribution in [0.4, 0.5) is 0 Å². The molecule has 0 unspecified atom stereocenters. The summed E-state index contributed by atoms with van der Waals surface area (Å²) >= 11 is 1.40. The van der Waals surface area contributed by atoms with Crippen molar-refractivity contribution in [3.05, 3.63) is 36.3 Å². The maximum atomic E-state index is 5.36. The van der Waals surface area contributed by atoms with Gasteiger partial charge < -0.3 is 4.40 Å². The van der Waals surface area contributed by atoms with E-state index in [2.05, 4.69) is 4.98 Å². The molecule has 0 aliphatic carbocycles. The second kappa shape index (κ2) is 3.71. The molecule has 4 N–H and O–H groups in total. The first-order valence-corrected chi connectivity index (χ1v) is 5.17. The second-order valence-electron chi connectivity index (χ2n) is 2.89. The van der Waals surface area contributed by atoms with Gasteiger partial charge in [-0.25, -0.2) is 4.98 Å². The molecule has 0 bridgehead atoms. The van der Waals surface area contributed by atoms with Gasteiger partial charge in [0.15, 0.2) is 0 Å². The molecule has 0 aliphatic heterocycles. The van der Waals surface area contributed by atoms with Gasteiger partial charge in [0, 0.05) is 18.1 Å². The zero-order valence-electron chi connectivity index (χ0n) is 7.55. The number of rotatable bonds is 2. The fraction of sp³-hybridized carbons (Fsp3) is 0.111. The molecule has 2 heterocycles. The Morgan fingerprint density at radius 2 is 2.43 bits per heavy atom. The van der Waals surface area contributed by atoms with Gasteiger partial charge in [-0.2, -0.15) is 0 Å². The lowest BCUT2D eigenvalue weighted by atomic mass is 10.5. The summed E-state index contributed by atoms with van der Waals surface area (Å²) in [6, 6.07) is 5.89. The average molecular weight is 207 g/mol. The maximum Gasteiger partial charge on any atom is 0.300 e. The highest BCUT2D eigenvalue weighted by molar-refractivity contribution is 8.12. The molecule has 0 atom stereocenters. The van der Waals surface area contributed by atoms with Gasteiger partial charge in [0.1, 0.15) is 5.65 Å². The van der Waals surface area contributed by atoms with E-state index in [1.807, 2.05) is 35.0 Å². The number of imidazole rings is 1. The fourth-order valence-corrected chi connectivity index (χ4v) is 1.67. The molecule has 4 nitrogen and oxygen atoms in total. The smallest absolute Gasteiger partial charge is 0.300 e. The standard InChI is InChI=1S/C9H10N4S/c10-9(11)14-6-7-5-13-4-2-1-3-8(13)12-7/h1-5H,6H2,(H3,10,11)/p+1. The van der Waals surface area contributed by atoms with Crippen LogP contribution in [0.2, 0.25) is 0 Å². The summed E-state index contributed by atoms with van der Waals surface area (Å²) in [5.74, 6) is 0.712. The summed E-state index contributed by atoms with van der Waals surface area (Å²) in [4.78, 5) is 4.40.